The van der Waals surface area contributed by atoms with Crippen molar-refractivity contribution >= 4 is 38.3 Å². The summed E-state index contributed by atoms with van der Waals surface area (Å²) in [4.78, 5) is 0.272. The van der Waals surface area contributed by atoms with Crippen LogP contribution in [0.2, 0.25) is 0 Å². The van der Waals surface area contributed by atoms with Crippen molar-refractivity contribution in [3.63, 3.8) is 0 Å². The van der Waals surface area contributed by atoms with Gasteiger partial charge in [-0.2, -0.15) is 0 Å². The maximum atomic E-state index is 12.5. The van der Waals surface area contributed by atoms with Gasteiger partial charge in [-0.05, 0) is 59.7 Å². The first-order valence-corrected chi connectivity index (χ1v) is 9.25. The summed E-state index contributed by atoms with van der Waals surface area (Å²) in [6.45, 7) is 0.343. The SMILES string of the molecule is NCc1cc(S(=O)(=O)Nc2cccc(I)c2)cn1C1CC1. The van der Waals surface area contributed by atoms with Crippen LogP contribution < -0.4 is 10.5 Å². The molecule has 0 amide bonds. The molecule has 0 radical (unpaired) electrons. The van der Waals surface area contributed by atoms with Crippen LogP contribution in [0.25, 0.3) is 0 Å². The zero-order valence-corrected chi connectivity index (χ0v) is 14.3. The third-order valence-electron chi connectivity index (χ3n) is 3.44. The van der Waals surface area contributed by atoms with Gasteiger partial charge in [0.05, 0.1) is 0 Å². The summed E-state index contributed by atoms with van der Waals surface area (Å²) in [5.74, 6) is 0. The van der Waals surface area contributed by atoms with Crippen LogP contribution in [0, 0.1) is 3.57 Å². The van der Waals surface area contributed by atoms with E-state index in [9.17, 15) is 8.42 Å². The van der Waals surface area contributed by atoms with E-state index in [1.165, 1.54) is 0 Å². The Morgan fingerprint density at radius 3 is 2.71 bits per heavy atom. The normalized spacial score (nSPS) is 15.1. The van der Waals surface area contributed by atoms with Gasteiger partial charge in [-0.15, -0.1) is 0 Å². The molecule has 0 atom stereocenters. The monoisotopic (exact) mass is 417 g/mol. The van der Waals surface area contributed by atoms with E-state index >= 15 is 0 Å². The number of nitrogens with two attached hydrogens (primary N) is 1. The number of anilines is 1. The lowest BCUT2D eigenvalue weighted by atomic mass is 10.3. The fourth-order valence-electron chi connectivity index (χ4n) is 2.27. The van der Waals surface area contributed by atoms with Crippen LogP contribution in [0.5, 0.6) is 0 Å². The molecule has 112 valence electrons. The summed E-state index contributed by atoms with van der Waals surface area (Å²) in [6, 6.07) is 9.33. The molecule has 2 aromatic rings. The first-order chi connectivity index (χ1) is 9.99. The Labute approximate surface area is 137 Å². The van der Waals surface area contributed by atoms with Crippen LogP contribution in [0.4, 0.5) is 5.69 Å². The number of benzene rings is 1. The second-order valence-corrected chi connectivity index (χ2v) is 8.05. The molecule has 1 saturated carbocycles. The maximum absolute atomic E-state index is 12.5. The highest BCUT2D eigenvalue weighted by molar-refractivity contribution is 14.1. The van der Waals surface area contributed by atoms with Gasteiger partial charge in [0.15, 0.2) is 0 Å². The molecule has 0 unspecified atom stereocenters. The molecule has 3 rings (SSSR count). The van der Waals surface area contributed by atoms with Crippen LogP contribution in [0.3, 0.4) is 0 Å². The van der Waals surface area contributed by atoms with Crippen molar-refractivity contribution in [2.45, 2.75) is 30.3 Å². The van der Waals surface area contributed by atoms with Gasteiger partial charge in [0.2, 0.25) is 0 Å². The van der Waals surface area contributed by atoms with Crippen LogP contribution in [0.1, 0.15) is 24.6 Å². The molecule has 7 heteroatoms. The lowest BCUT2D eigenvalue weighted by molar-refractivity contribution is 0.600. The first-order valence-electron chi connectivity index (χ1n) is 6.69. The number of rotatable bonds is 5. The van der Waals surface area contributed by atoms with E-state index in [-0.39, 0.29) is 4.90 Å². The lowest BCUT2D eigenvalue weighted by Gasteiger charge is -2.06. The van der Waals surface area contributed by atoms with Crippen LogP contribution in [-0.2, 0) is 16.6 Å². The van der Waals surface area contributed by atoms with Crippen molar-refractivity contribution in [1.29, 1.82) is 0 Å². The summed E-state index contributed by atoms with van der Waals surface area (Å²) >= 11 is 2.15. The summed E-state index contributed by atoms with van der Waals surface area (Å²) < 4.78 is 30.5. The second-order valence-electron chi connectivity index (χ2n) is 5.13. The van der Waals surface area contributed by atoms with Crippen molar-refractivity contribution in [2.75, 3.05) is 4.72 Å². The fraction of sp³-hybridized carbons (Fsp3) is 0.286. The Kier molecular flexibility index (Phi) is 3.98. The largest absolute Gasteiger partial charge is 0.346 e. The van der Waals surface area contributed by atoms with E-state index < -0.39 is 10.0 Å². The zero-order valence-electron chi connectivity index (χ0n) is 11.3. The van der Waals surface area contributed by atoms with E-state index in [1.807, 2.05) is 16.7 Å². The molecule has 1 aliphatic carbocycles. The van der Waals surface area contributed by atoms with E-state index in [0.29, 0.717) is 18.3 Å². The summed E-state index contributed by atoms with van der Waals surface area (Å²) in [5, 5.41) is 0. The number of hydrogen-bond donors (Lipinski definition) is 2. The molecule has 0 bridgehead atoms. The molecule has 1 heterocycles. The van der Waals surface area contributed by atoms with Crippen molar-refractivity contribution in [1.82, 2.24) is 4.57 Å². The zero-order chi connectivity index (χ0) is 15.0. The minimum absolute atomic E-state index is 0.272. The Bertz CT molecular complexity index is 766. The van der Waals surface area contributed by atoms with Crippen molar-refractivity contribution in [2.24, 2.45) is 5.73 Å². The maximum Gasteiger partial charge on any atom is 0.263 e. The highest BCUT2D eigenvalue weighted by Crippen LogP contribution is 2.37. The molecular formula is C14H16IN3O2S. The highest BCUT2D eigenvalue weighted by atomic mass is 127. The van der Waals surface area contributed by atoms with Gasteiger partial charge in [-0.3, -0.25) is 4.72 Å². The fourth-order valence-corrected chi connectivity index (χ4v) is 3.91. The van der Waals surface area contributed by atoms with Gasteiger partial charge >= 0.3 is 0 Å². The summed E-state index contributed by atoms with van der Waals surface area (Å²) in [5.41, 5.74) is 7.13. The summed E-state index contributed by atoms with van der Waals surface area (Å²) in [6.07, 6.45) is 3.87. The number of nitrogens with zero attached hydrogens (tertiary/aromatic N) is 1. The van der Waals surface area contributed by atoms with Crippen LogP contribution in [0.15, 0.2) is 41.4 Å². The molecule has 1 aromatic carbocycles. The van der Waals surface area contributed by atoms with Gasteiger partial charge in [-0.25, -0.2) is 8.42 Å². The predicted molar refractivity (Wildman–Crippen MR) is 90.6 cm³/mol. The smallest absolute Gasteiger partial charge is 0.263 e. The van der Waals surface area contributed by atoms with E-state index in [1.54, 1.807) is 24.4 Å². The Hall–Kier alpha value is -1.06. The quantitative estimate of drug-likeness (QED) is 0.735. The third-order valence-corrected chi connectivity index (χ3v) is 5.46. The van der Waals surface area contributed by atoms with Crippen molar-refractivity contribution in [3.05, 3.63) is 45.8 Å². The van der Waals surface area contributed by atoms with E-state index in [2.05, 4.69) is 27.3 Å². The second kappa shape index (κ2) is 5.62. The molecule has 1 aromatic heterocycles. The number of sulfonamides is 1. The van der Waals surface area contributed by atoms with Gasteiger partial charge in [0.1, 0.15) is 4.90 Å². The van der Waals surface area contributed by atoms with Gasteiger partial charge < -0.3 is 10.3 Å². The molecular weight excluding hydrogens is 401 g/mol. The molecule has 5 nitrogen and oxygen atoms in total. The van der Waals surface area contributed by atoms with Crippen molar-refractivity contribution in [3.8, 4) is 0 Å². The molecule has 0 saturated heterocycles. The molecule has 21 heavy (non-hydrogen) atoms. The minimum atomic E-state index is -3.58. The molecule has 0 aliphatic heterocycles. The Morgan fingerprint density at radius 1 is 1.33 bits per heavy atom. The van der Waals surface area contributed by atoms with Gasteiger partial charge in [0.25, 0.3) is 10.0 Å². The van der Waals surface area contributed by atoms with Crippen LogP contribution in [-0.4, -0.2) is 13.0 Å². The number of hydrogen-bond acceptors (Lipinski definition) is 3. The number of halogens is 1. The predicted octanol–water partition coefficient (Wildman–Crippen LogP) is 2.69. The average Bonchev–Trinajstić information content (AvgIpc) is 3.16. The minimum Gasteiger partial charge on any atom is -0.346 e. The van der Waals surface area contributed by atoms with Gasteiger partial charge in [-0.1, -0.05) is 6.07 Å². The van der Waals surface area contributed by atoms with Gasteiger partial charge in [0, 0.05) is 33.7 Å². The lowest BCUT2D eigenvalue weighted by Crippen LogP contribution is -2.12. The Morgan fingerprint density at radius 2 is 2.10 bits per heavy atom. The third kappa shape index (κ3) is 3.24. The highest BCUT2D eigenvalue weighted by Gasteiger charge is 2.27. The van der Waals surface area contributed by atoms with E-state index in [4.69, 9.17) is 5.73 Å². The van der Waals surface area contributed by atoms with Crippen molar-refractivity contribution < 1.29 is 8.42 Å². The number of aromatic nitrogens is 1. The average molecular weight is 417 g/mol. The molecule has 0 spiro atoms. The van der Waals surface area contributed by atoms with Crippen LogP contribution >= 0.6 is 22.6 Å². The number of nitrogens with one attached hydrogen (secondary N) is 1. The first kappa shape index (κ1) is 14.9. The molecule has 1 aliphatic rings. The Balaban J connectivity index is 1.91. The standard InChI is InChI=1S/C14H16IN3O2S/c15-10-2-1-3-11(6-10)17-21(19,20)14-7-13(8-16)18(9-14)12-4-5-12/h1-3,6-7,9,12,17H,4-5,8,16H2. The van der Waals surface area contributed by atoms with E-state index in [0.717, 1.165) is 22.1 Å². The molecule has 3 N–H and O–H groups in total. The summed E-state index contributed by atoms with van der Waals surface area (Å²) in [7, 11) is -3.58. The topological polar surface area (TPSA) is 77.1 Å². The molecule has 1 fully saturated rings.